The molecule has 0 unspecified atom stereocenters. The van der Waals surface area contributed by atoms with Crippen LogP contribution in [0.4, 0.5) is 5.95 Å². The fraction of sp³-hybridized carbons (Fsp3) is 0.476. The largest absolute Gasteiger partial charge is 0.351 e. The molecular weight excluding hydrogens is 362 g/mol. The van der Waals surface area contributed by atoms with Gasteiger partial charge in [-0.25, -0.2) is 9.97 Å². The minimum absolute atomic E-state index is 0.398. The van der Waals surface area contributed by atoms with Crippen LogP contribution in [0.1, 0.15) is 63.8 Å². The van der Waals surface area contributed by atoms with Crippen molar-refractivity contribution in [3.8, 4) is 10.6 Å². The lowest BCUT2D eigenvalue weighted by Gasteiger charge is -2.17. The lowest BCUT2D eigenvalue weighted by atomic mass is 10.1. The summed E-state index contributed by atoms with van der Waals surface area (Å²) in [5, 5.41) is 4.06. The predicted octanol–water partition coefficient (Wildman–Crippen LogP) is 6.99. The van der Waals surface area contributed by atoms with Gasteiger partial charge in [0.15, 0.2) is 0 Å². The minimum atomic E-state index is 0.398. The van der Waals surface area contributed by atoms with Gasteiger partial charge in [0, 0.05) is 10.9 Å². The highest BCUT2D eigenvalue weighted by molar-refractivity contribution is 7.15. The Bertz CT molecular complexity index is 785. The van der Waals surface area contributed by atoms with E-state index in [1.54, 1.807) is 17.5 Å². The van der Waals surface area contributed by atoms with Gasteiger partial charge < -0.3 is 5.32 Å². The van der Waals surface area contributed by atoms with Crippen LogP contribution in [-0.4, -0.2) is 16.0 Å². The Morgan fingerprint density at radius 3 is 2.58 bits per heavy atom. The first-order valence-corrected chi connectivity index (χ1v) is 10.5. The first-order valence-electron chi connectivity index (χ1n) is 9.33. The molecular formula is C21H28ClN3S. The zero-order valence-corrected chi connectivity index (χ0v) is 17.7. The van der Waals surface area contributed by atoms with Crippen molar-refractivity contribution in [1.82, 2.24) is 9.97 Å². The Kier molecular flexibility index (Phi) is 7.89. The second kappa shape index (κ2) is 9.91. The summed E-state index contributed by atoms with van der Waals surface area (Å²) < 4.78 is 0. The van der Waals surface area contributed by atoms with Gasteiger partial charge in [-0.2, -0.15) is 0 Å². The van der Waals surface area contributed by atoms with Crippen molar-refractivity contribution in [2.45, 2.75) is 65.8 Å². The number of aryl methyl sites for hydroxylation is 1. The van der Waals surface area contributed by atoms with Crippen LogP contribution in [-0.2, 0) is 6.42 Å². The Morgan fingerprint density at radius 2 is 2.00 bits per heavy atom. The van der Waals surface area contributed by atoms with Crippen LogP contribution in [0.25, 0.3) is 16.1 Å². The normalized spacial score (nSPS) is 10.8. The maximum absolute atomic E-state index is 6.43. The van der Waals surface area contributed by atoms with Crippen molar-refractivity contribution >= 4 is 34.5 Å². The molecule has 0 aromatic carbocycles. The van der Waals surface area contributed by atoms with Crippen LogP contribution in [0.3, 0.4) is 0 Å². The molecule has 0 radical (unpaired) electrons. The Morgan fingerprint density at radius 1 is 1.31 bits per heavy atom. The number of nitrogens with one attached hydrogen (secondary N) is 1. The quantitative estimate of drug-likeness (QED) is 0.469. The van der Waals surface area contributed by atoms with E-state index < -0.39 is 0 Å². The number of thiophene rings is 1. The molecule has 5 heteroatoms. The fourth-order valence-electron chi connectivity index (χ4n) is 3.00. The monoisotopic (exact) mass is 389 g/mol. The van der Waals surface area contributed by atoms with Crippen LogP contribution in [0.2, 0.25) is 5.02 Å². The molecule has 0 aliphatic rings. The van der Waals surface area contributed by atoms with Gasteiger partial charge in [-0.05, 0) is 43.4 Å². The van der Waals surface area contributed by atoms with Crippen LogP contribution >= 0.6 is 22.9 Å². The van der Waals surface area contributed by atoms with Crippen LogP contribution in [0.15, 0.2) is 24.6 Å². The number of anilines is 1. The maximum Gasteiger partial charge on any atom is 0.223 e. The third kappa shape index (κ3) is 4.97. The molecule has 0 atom stereocenters. The summed E-state index contributed by atoms with van der Waals surface area (Å²) in [6.07, 6.45) is 7.16. The highest BCUT2D eigenvalue weighted by Crippen LogP contribution is 2.37. The van der Waals surface area contributed by atoms with E-state index in [1.807, 2.05) is 6.92 Å². The van der Waals surface area contributed by atoms with Crippen molar-refractivity contribution in [2.24, 2.45) is 0 Å². The molecule has 2 aromatic rings. The predicted molar refractivity (Wildman–Crippen MR) is 115 cm³/mol. The number of halogens is 1. The molecule has 0 bridgehead atoms. The van der Waals surface area contributed by atoms with E-state index in [1.165, 1.54) is 10.4 Å². The zero-order chi connectivity index (χ0) is 19.1. The summed E-state index contributed by atoms with van der Waals surface area (Å²) in [6, 6.07) is 2.54. The fourth-order valence-corrected chi connectivity index (χ4v) is 4.41. The van der Waals surface area contributed by atoms with Crippen molar-refractivity contribution in [1.29, 1.82) is 0 Å². The molecule has 3 nitrogen and oxygen atoms in total. The van der Waals surface area contributed by atoms with Gasteiger partial charge in [0.1, 0.15) is 5.69 Å². The van der Waals surface area contributed by atoms with E-state index in [2.05, 4.69) is 49.4 Å². The molecule has 0 aliphatic carbocycles. The van der Waals surface area contributed by atoms with Gasteiger partial charge in [0.05, 0.1) is 16.1 Å². The number of allylic oxidation sites excluding steroid dienone is 1. The summed E-state index contributed by atoms with van der Waals surface area (Å²) in [5.41, 5.74) is 6.02. The van der Waals surface area contributed by atoms with Crippen molar-refractivity contribution in [3.05, 3.63) is 40.0 Å². The molecule has 0 aliphatic heterocycles. The SMILES string of the molecule is C=C=C(C)c1cc(-c2nc(NC(CCC)CCC)ncc2Cl)sc1CC. The Labute approximate surface area is 166 Å². The molecule has 0 saturated carbocycles. The number of rotatable bonds is 9. The van der Waals surface area contributed by atoms with Crippen LogP contribution in [0.5, 0.6) is 0 Å². The molecule has 0 amide bonds. The van der Waals surface area contributed by atoms with E-state index in [-0.39, 0.29) is 0 Å². The maximum atomic E-state index is 6.43. The molecule has 0 saturated heterocycles. The summed E-state index contributed by atoms with van der Waals surface area (Å²) in [7, 11) is 0. The third-order valence-electron chi connectivity index (χ3n) is 4.38. The van der Waals surface area contributed by atoms with E-state index >= 15 is 0 Å². The molecule has 2 aromatic heterocycles. The van der Waals surface area contributed by atoms with Gasteiger partial charge in [-0.3, -0.25) is 0 Å². The minimum Gasteiger partial charge on any atom is -0.351 e. The molecule has 0 fully saturated rings. The molecule has 2 heterocycles. The van der Waals surface area contributed by atoms with E-state index in [9.17, 15) is 0 Å². The smallest absolute Gasteiger partial charge is 0.223 e. The van der Waals surface area contributed by atoms with Crippen molar-refractivity contribution < 1.29 is 0 Å². The second-order valence-corrected chi connectivity index (χ2v) is 7.96. The molecule has 2 rings (SSSR count). The third-order valence-corrected chi connectivity index (χ3v) is 5.95. The first-order chi connectivity index (χ1) is 12.5. The summed E-state index contributed by atoms with van der Waals surface area (Å²) >= 11 is 8.15. The summed E-state index contributed by atoms with van der Waals surface area (Å²) in [5.74, 6) is 0.653. The number of nitrogens with zero attached hydrogens (tertiary/aromatic N) is 2. The van der Waals surface area contributed by atoms with Gasteiger partial charge in [0.25, 0.3) is 0 Å². The average molecular weight is 390 g/mol. The highest BCUT2D eigenvalue weighted by Gasteiger charge is 2.16. The van der Waals surface area contributed by atoms with Gasteiger partial charge in [0.2, 0.25) is 5.95 Å². The molecule has 26 heavy (non-hydrogen) atoms. The van der Waals surface area contributed by atoms with E-state index in [0.717, 1.165) is 48.2 Å². The summed E-state index contributed by atoms with van der Waals surface area (Å²) in [4.78, 5) is 11.5. The van der Waals surface area contributed by atoms with Gasteiger partial charge in [-0.1, -0.05) is 51.8 Å². The number of aromatic nitrogens is 2. The second-order valence-electron chi connectivity index (χ2n) is 6.41. The topological polar surface area (TPSA) is 37.8 Å². The van der Waals surface area contributed by atoms with E-state index in [4.69, 9.17) is 16.6 Å². The number of hydrogen-bond donors (Lipinski definition) is 1. The van der Waals surface area contributed by atoms with Crippen LogP contribution < -0.4 is 5.32 Å². The average Bonchev–Trinajstić information content (AvgIpc) is 3.07. The van der Waals surface area contributed by atoms with Crippen molar-refractivity contribution in [3.63, 3.8) is 0 Å². The van der Waals surface area contributed by atoms with Gasteiger partial charge >= 0.3 is 0 Å². The molecule has 0 spiro atoms. The van der Waals surface area contributed by atoms with Crippen molar-refractivity contribution in [2.75, 3.05) is 5.32 Å². The standard InChI is InChI=1S/C21H28ClN3S/c1-6-10-15(11-7-2)24-21-23-13-17(22)20(25-21)19-12-16(14(5)8-3)18(9-4)26-19/h12-13,15H,3,6-7,9-11H2,1-2,4-5H3,(H,23,24,25). The van der Waals surface area contributed by atoms with Crippen LogP contribution in [0, 0.1) is 0 Å². The zero-order valence-electron chi connectivity index (χ0n) is 16.2. The van der Waals surface area contributed by atoms with Gasteiger partial charge in [-0.15, -0.1) is 17.1 Å². The number of hydrogen-bond acceptors (Lipinski definition) is 4. The molecule has 1 N–H and O–H groups in total. The first kappa shape index (κ1) is 20.7. The Hall–Kier alpha value is -1.61. The lowest BCUT2D eigenvalue weighted by molar-refractivity contribution is 0.582. The Balaban J connectivity index is 2.38. The summed E-state index contributed by atoms with van der Waals surface area (Å²) in [6.45, 7) is 12.4. The van der Waals surface area contributed by atoms with E-state index in [0.29, 0.717) is 17.0 Å². The molecule has 140 valence electrons. The highest BCUT2D eigenvalue weighted by atomic mass is 35.5. The lowest BCUT2D eigenvalue weighted by Crippen LogP contribution is -2.20.